The van der Waals surface area contributed by atoms with Crippen molar-refractivity contribution in [2.24, 2.45) is 5.73 Å². The maximum Gasteiger partial charge on any atom is 0.679 e. The van der Waals surface area contributed by atoms with Crippen molar-refractivity contribution in [3.8, 4) is 0 Å². The van der Waals surface area contributed by atoms with Gasteiger partial charge in [-0.05, 0) is 40.7 Å². The van der Waals surface area contributed by atoms with E-state index >= 15 is 0 Å². The fourth-order valence-corrected chi connectivity index (χ4v) is 5.56. The van der Waals surface area contributed by atoms with Gasteiger partial charge in [-0.2, -0.15) is 0 Å². The van der Waals surface area contributed by atoms with E-state index in [0.29, 0.717) is 26.4 Å². The summed E-state index contributed by atoms with van der Waals surface area (Å²) in [5.74, 6) is -0.981. The van der Waals surface area contributed by atoms with Gasteiger partial charge >= 0.3 is 15.0 Å². The van der Waals surface area contributed by atoms with Gasteiger partial charge in [0.2, 0.25) is 0 Å². The van der Waals surface area contributed by atoms with Gasteiger partial charge in [-0.15, -0.1) is 0 Å². The van der Waals surface area contributed by atoms with E-state index < -0.39 is 15.0 Å². The van der Waals surface area contributed by atoms with Gasteiger partial charge in [0.05, 0.1) is 0 Å². The highest BCUT2D eigenvalue weighted by molar-refractivity contribution is 6.53. The molecule has 0 atom stereocenters. The van der Waals surface area contributed by atoms with Gasteiger partial charge in [0.1, 0.15) is 0 Å². The van der Waals surface area contributed by atoms with Crippen LogP contribution in [-0.2, 0) is 22.5 Å². The van der Waals surface area contributed by atoms with Gasteiger partial charge in [0.15, 0.2) is 0 Å². The summed E-state index contributed by atoms with van der Waals surface area (Å²) in [4.78, 5) is 9.25. The Morgan fingerprint density at radius 1 is 0.622 bits per heavy atom. The molecule has 0 amide bonds. The van der Waals surface area contributed by atoms with Gasteiger partial charge in [0.25, 0.3) is 0 Å². The summed E-state index contributed by atoms with van der Waals surface area (Å²) in [6.07, 6.45) is 23.7. The van der Waals surface area contributed by atoms with Crippen LogP contribution in [0.3, 0.4) is 0 Å². The zero-order valence-electron chi connectivity index (χ0n) is 25.2. The second kappa shape index (κ2) is 35.2. The van der Waals surface area contributed by atoms with Gasteiger partial charge in [0, 0.05) is 32.5 Å². The Morgan fingerprint density at radius 2 is 0.865 bits per heavy atom. The molecule has 3 N–H and O–H groups in total. The largest absolute Gasteiger partial charge is 0.679 e. The Hall–Kier alpha value is -0.773. The summed E-state index contributed by atoms with van der Waals surface area (Å²) in [6, 6.07) is 0. The van der Waals surface area contributed by atoms with Crippen molar-refractivity contribution >= 4 is 15.0 Å². The topological polar surface area (TPSA) is 100 Å². The summed E-state index contributed by atoms with van der Waals surface area (Å²) in [5, 5.41) is 7.60. The Balaban J connectivity index is -0.000000552. The number of nitrogens with two attached hydrogens (primary N) is 1. The minimum Gasteiger partial charge on any atom is -0.478 e. The molecule has 0 rings (SSSR count). The fraction of sp³-hybridized carbons (Fsp3) is 0.897. The molecule has 0 saturated carbocycles. The molecule has 7 nitrogen and oxygen atoms in total. The molecule has 0 aliphatic heterocycles. The average molecular weight is 550 g/mol. The molecule has 37 heavy (non-hydrogen) atoms. The van der Waals surface area contributed by atoms with Crippen molar-refractivity contribution in [1.29, 1.82) is 0 Å². The smallest absolute Gasteiger partial charge is 0.478 e. The lowest BCUT2D eigenvalue weighted by Gasteiger charge is -2.26. The van der Waals surface area contributed by atoms with Crippen LogP contribution in [0.1, 0.15) is 137 Å². The van der Waals surface area contributed by atoms with Gasteiger partial charge in [-0.1, -0.05) is 110 Å². The first-order chi connectivity index (χ1) is 17.9. The van der Waals surface area contributed by atoms with E-state index in [0.717, 1.165) is 12.6 Å². The Bertz CT molecular complexity index is 409. The predicted molar refractivity (Wildman–Crippen MR) is 159 cm³/mol. The SMILES string of the molecule is C=CC(=O)O.CCCCCCCCCCCCCCCCCCN.CCO[Si](OCC)(OCC)OCC. The molecule has 0 spiro atoms. The van der Waals surface area contributed by atoms with Crippen molar-refractivity contribution in [1.82, 2.24) is 0 Å². The lowest BCUT2D eigenvalue weighted by Crippen LogP contribution is -2.49. The standard InChI is InChI=1S/C18H39N.C8H20O4Si.C3H4O2/c1-2-3-4-5-6-7-8-9-10-11-12-13-14-15-16-17-18-19;1-5-9-13(10-6-2,11-7-3)12-8-4;1-2-3(4)5/h2-19H2,1H3;5-8H2,1-4H3;2H,1H2,(H,4,5). The number of carboxylic acids is 1. The second-order valence-corrected chi connectivity index (χ2v) is 11.0. The van der Waals surface area contributed by atoms with Gasteiger partial charge in [-0.25, -0.2) is 4.79 Å². The lowest BCUT2D eigenvalue weighted by atomic mass is 10.0. The molecule has 0 fully saturated rings. The molecule has 0 aromatic carbocycles. The number of aliphatic carboxylic acids is 1. The maximum atomic E-state index is 9.25. The van der Waals surface area contributed by atoms with Crippen LogP contribution in [0, 0.1) is 0 Å². The van der Waals surface area contributed by atoms with E-state index in [1.165, 1.54) is 103 Å². The first-order valence-electron chi connectivity index (χ1n) is 15.0. The third kappa shape index (κ3) is 35.2. The van der Waals surface area contributed by atoms with E-state index in [9.17, 15) is 4.79 Å². The highest BCUT2D eigenvalue weighted by Gasteiger charge is 2.44. The summed E-state index contributed by atoms with van der Waals surface area (Å²) >= 11 is 0. The molecule has 0 aromatic rings. The molecule has 0 aromatic heterocycles. The number of carboxylic acid groups (broad SMARTS) is 1. The highest BCUT2D eigenvalue weighted by Crippen LogP contribution is 2.14. The molecular formula is C29H63NO6Si. The van der Waals surface area contributed by atoms with Crippen molar-refractivity contribution in [3.05, 3.63) is 12.7 Å². The Labute approximate surface area is 231 Å². The van der Waals surface area contributed by atoms with E-state index in [1.54, 1.807) is 0 Å². The van der Waals surface area contributed by atoms with Crippen molar-refractivity contribution in [3.63, 3.8) is 0 Å². The van der Waals surface area contributed by atoms with E-state index in [1.807, 2.05) is 27.7 Å². The third-order valence-electron chi connectivity index (χ3n) is 5.52. The van der Waals surface area contributed by atoms with Crippen LogP contribution in [0.5, 0.6) is 0 Å². The maximum absolute atomic E-state index is 9.25. The van der Waals surface area contributed by atoms with Crippen LogP contribution in [0.15, 0.2) is 12.7 Å². The third-order valence-corrected chi connectivity index (χ3v) is 8.09. The molecule has 0 aliphatic rings. The minimum atomic E-state index is -2.80. The number of carbonyl (C=O) groups is 1. The summed E-state index contributed by atoms with van der Waals surface area (Å²) in [7, 11) is -2.80. The summed E-state index contributed by atoms with van der Waals surface area (Å²) in [6.45, 7) is 15.9. The Kier molecular flexibility index (Phi) is 38.8. The number of rotatable bonds is 25. The van der Waals surface area contributed by atoms with Crippen LogP contribution < -0.4 is 5.73 Å². The normalized spacial score (nSPS) is 10.8. The fourth-order valence-electron chi connectivity index (χ4n) is 3.65. The summed E-state index contributed by atoms with van der Waals surface area (Å²) in [5.41, 5.74) is 5.48. The van der Waals surface area contributed by atoms with Crippen molar-refractivity contribution in [2.45, 2.75) is 137 Å². The number of unbranched alkanes of at least 4 members (excludes halogenated alkanes) is 15. The second-order valence-electron chi connectivity index (χ2n) is 8.87. The molecule has 0 saturated heterocycles. The van der Waals surface area contributed by atoms with Crippen LogP contribution >= 0.6 is 0 Å². The molecule has 8 heteroatoms. The first kappa shape index (κ1) is 40.7. The minimum absolute atomic E-state index is 0.548. The zero-order chi connectivity index (χ0) is 28.5. The number of hydrogen-bond donors (Lipinski definition) is 2. The van der Waals surface area contributed by atoms with Crippen molar-refractivity contribution < 1.29 is 27.6 Å². The quantitative estimate of drug-likeness (QED) is 0.0675. The average Bonchev–Trinajstić information content (AvgIpc) is 2.88. The monoisotopic (exact) mass is 549 g/mol. The van der Waals surface area contributed by atoms with E-state index in [-0.39, 0.29) is 0 Å². The number of hydrogen-bond acceptors (Lipinski definition) is 6. The van der Waals surface area contributed by atoms with Gasteiger partial charge < -0.3 is 28.5 Å². The van der Waals surface area contributed by atoms with Crippen molar-refractivity contribution in [2.75, 3.05) is 33.0 Å². The molecule has 0 radical (unpaired) electrons. The zero-order valence-corrected chi connectivity index (χ0v) is 26.2. The molecule has 224 valence electrons. The molecule has 0 unspecified atom stereocenters. The van der Waals surface area contributed by atoms with Crippen LogP contribution in [0.25, 0.3) is 0 Å². The Morgan fingerprint density at radius 3 is 1.05 bits per heavy atom. The van der Waals surface area contributed by atoms with Crippen LogP contribution in [0.2, 0.25) is 0 Å². The van der Waals surface area contributed by atoms with E-state index in [2.05, 4.69) is 13.5 Å². The van der Waals surface area contributed by atoms with E-state index in [4.69, 9.17) is 28.5 Å². The molecule has 0 heterocycles. The predicted octanol–water partition coefficient (Wildman–Crippen LogP) is 8.03. The highest BCUT2D eigenvalue weighted by atomic mass is 28.4. The van der Waals surface area contributed by atoms with Crippen LogP contribution in [-0.4, -0.2) is 53.1 Å². The first-order valence-corrected chi connectivity index (χ1v) is 16.7. The molecular weight excluding hydrogens is 486 g/mol. The lowest BCUT2D eigenvalue weighted by molar-refractivity contribution is -0.131. The van der Waals surface area contributed by atoms with Gasteiger partial charge in [-0.3, -0.25) is 0 Å². The molecule has 0 bridgehead atoms. The summed E-state index contributed by atoms with van der Waals surface area (Å²) < 4.78 is 21.7. The molecule has 0 aliphatic carbocycles. The van der Waals surface area contributed by atoms with Crippen LogP contribution in [0.4, 0.5) is 0 Å².